The first-order chi connectivity index (χ1) is 7.41. The Labute approximate surface area is 95.8 Å². The van der Waals surface area contributed by atoms with Gasteiger partial charge in [-0.25, -0.2) is 4.79 Å². The molecule has 1 rings (SSSR count). The van der Waals surface area contributed by atoms with Crippen LogP contribution in [0.2, 0.25) is 0 Å². The highest BCUT2D eigenvalue weighted by Gasteiger charge is 2.16. The molecular formula is C13H17NO2. The highest BCUT2D eigenvalue weighted by Crippen LogP contribution is 2.17. The molecule has 0 saturated heterocycles. The maximum absolute atomic E-state index is 10.7. The van der Waals surface area contributed by atoms with Gasteiger partial charge in [0.2, 0.25) is 0 Å². The van der Waals surface area contributed by atoms with Gasteiger partial charge in [-0.2, -0.15) is 0 Å². The van der Waals surface area contributed by atoms with E-state index in [0.29, 0.717) is 5.57 Å². The highest BCUT2D eigenvalue weighted by molar-refractivity contribution is 5.86. The molecule has 0 bridgehead atoms. The second kappa shape index (κ2) is 4.84. The molecule has 2 N–H and O–H groups in total. The van der Waals surface area contributed by atoms with Gasteiger partial charge >= 0.3 is 5.97 Å². The number of carboxylic acids is 1. The van der Waals surface area contributed by atoms with Gasteiger partial charge in [-0.05, 0) is 39.0 Å². The largest absolute Gasteiger partial charge is 0.478 e. The van der Waals surface area contributed by atoms with E-state index in [0.717, 1.165) is 5.69 Å². The lowest BCUT2D eigenvalue weighted by Crippen LogP contribution is -2.29. The van der Waals surface area contributed by atoms with E-state index in [-0.39, 0.29) is 5.54 Å². The number of carboxylic acid groups (broad SMARTS) is 1. The number of benzene rings is 1. The summed E-state index contributed by atoms with van der Waals surface area (Å²) in [6, 6.07) is 9.71. The van der Waals surface area contributed by atoms with Crippen molar-refractivity contribution in [3.05, 3.63) is 42.0 Å². The van der Waals surface area contributed by atoms with Gasteiger partial charge in [-0.15, -0.1) is 0 Å². The average molecular weight is 219 g/mol. The van der Waals surface area contributed by atoms with Gasteiger partial charge < -0.3 is 10.4 Å². The lowest BCUT2D eigenvalue weighted by Gasteiger charge is -2.24. The zero-order valence-corrected chi connectivity index (χ0v) is 9.82. The summed E-state index contributed by atoms with van der Waals surface area (Å²) in [6.45, 7) is 5.47. The number of aliphatic carboxylic acids is 1. The molecule has 0 aliphatic rings. The van der Waals surface area contributed by atoms with Gasteiger partial charge in [0.15, 0.2) is 0 Å². The summed E-state index contributed by atoms with van der Waals surface area (Å²) >= 11 is 0. The van der Waals surface area contributed by atoms with E-state index in [1.807, 2.05) is 44.2 Å². The van der Waals surface area contributed by atoms with E-state index >= 15 is 0 Å². The summed E-state index contributed by atoms with van der Waals surface area (Å²) < 4.78 is 0. The van der Waals surface area contributed by atoms with Gasteiger partial charge in [-0.1, -0.05) is 18.2 Å². The Morgan fingerprint density at radius 1 is 1.31 bits per heavy atom. The van der Waals surface area contributed by atoms with Crippen LogP contribution in [0.5, 0.6) is 0 Å². The Morgan fingerprint density at radius 3 is 2.38 bits per heavy atom. The summed E-state index contributed by atoms with van der Waals surface area (Å²) in [7, 11) is 0. The predicted molar refractivity (Wildman–Crippen MR) is 65.5 cm³/mol. The van der Waals surface area contributed by atoms with E-state index in [9.17, 15) is 4.79 Å². The van der Waals surface area contributed by atoms with Crippen molar-refractivity contribution in [2.45, 2.75) is 26.3 Å². The summed E-state index contributed by atoms with van der Waals surface area (Å²) in [6.07, 6.45) is 1.71. The fourth-order valence-electron chi connectivity index (χ4n) is 1.53. The van der Waals surface area contributed by atoms with Crippen molar-refractivity contribution in [3.8, 4) is 0 Å². The third-order valence-corrected chi connectivity index (χ3v) is 2.15. The summed E-state index contributed by atoms with van der Waals surface area (Å²) in [5, 5.41) is 12.1. The van der Waals surface area contributed by atoms with Crippen LogP contribution >= 0.6 is 0 Å². The number of hydrogen-bond donors (Lipinski definition) is 2. The second-order valence-electron chi connectivity index (χ2n) is 4.35. The molecule has 0 atom stereocenters. The van der Waals surface area contributed by atoms with Gasteiger partial charge in [0.1, 0.15) is 0 Å². The fourth-order valence-corrected chi connectivity index (χ4v) is 1.53. The lowest BCUT2D eigenvalue weighted by molar-refractivity contribution is -0.132. The molecule has 86 valence electrons. The van der Waals surface area contributed by atoms with Crippen molar-refractivity contribution in [1.82, 2.24) is 0 Å². The first-order valence-electron chi connectivity index (χ1n) is 5.17. The van der Waals surface area contributed by atoms with Crippen molar-refractivity contribution in [2.24, 2.45) is 0 Å². The molecule has 1 aromatic rings. The molecular weight excluding hydrogens is 202 g/mol. The Kier molecular flexibility index (Phi) is 3.72. The number of carbonyl (C=O) groups is 1. The molecule has 0 aromatic heterocycles. The van der Waals surface area contributed by atoms with Crippen molar-refractivity contribution in [2.75, 3.05) is 5.32 Å². The maximum Gasteiger partial charge on any atom is 0.331 e. The van der Waals surface area contributed by atoms with Crippen LogP contribution in [0.3, 0.4) is 0 Å². The van der Waals surface area contributed by atoms with Gasteiger partial charge in [-0.3, -0.25) is 0 Å². The Balaban J connectivity index is 2.80. The first-order valence-corrected chi connectivity index (χ1v) is 5.17. The van der Waals surface area contributed by atoms with Gasteiger partial charge in [0, 0.05) is 11.3 Å². The minimum Gasteiger partial charge on any atom is -0.478 e. The molecule has 0 fully saturated rings. The minimum absolute atomic E-state index is 0.341. The first kappa shape index (κ1) is 12.3. The SMILES string of the molecule is C/C(=C/C(C)(C)Nc1ccccc1)C(=O)O. The summed E-state index contributed by atoms with van der Waals surface area (Å²) in [5.74, 6) is -0.886. The van der Waals surface area contributed by atoms with E-state index < -0.39 is 5.97 Å². The van der Waals surface area contributed by atoms with Crippen LogP contribution in [0.4, 0.5) is 5.69 Å². The monoisotopic (exact) mass is 219 g/mol. The van der Waals surface area contributed by atoms with Crippen LogP contribution < -0.4 is 5.32 Å². The third-order valence-electron chi connectivity index (χ3n) is 2.15. The highest BCUT2D eigenvalue weighted by atomic mass is 16.4. The fraction of sp³-hybridized carbons (Fsp3) is 0.308. The molecule has 3 nitrogen and oxygen atoms in total. The molecule has 0 saturated carbocycles. The molecule has 0 spiro atoms. The molecule has 3 heteroatoms. The van der Waals surface area contributed by atoms with Crippen molar-refractivity contribution in [3.63, 3.8) is 0 Å². The zero-order chi connectivity index (χ0) is 12.2. The summed E-state index contributed by atoms with van der Waals surface area (Å²) in [5.41, 5.74) is 0.930. The van der Waals surface area contributed by atoms with Crippen LogP contribution in [0.1, 0.15) is 20.8 Å². The second-order valence-corrected chi connectivity index (χ2v) is 4.35. The molecule has 0 amide bonds. The topological polar surface area (TPSA) is 49.3 Å². The van der Waals surface area contributed by atoms with Crippen molar-refractivity contribution >= 4 is 11.7 Å². The molecule has 0 heterocycles. The normalized spacial score (nSPS) is 12.3. The number of anilines is 1. The van der Waals surface area contributed by atoms with Crippen LogP contribution in [-0.4, -0.2) is 16.6 Å². The number of rotatable bonds is 4. The van der Waals surface area contributed by atoms with Crippen molar-refractivity contribution in [1.29, 1.82) is 0 Å². The van der Waals surface area contributed by atoms with E-state index in [1.54, 1.807) is 13.0 Å². The van der Waals surface area contributed by atoms with Gasteiger partial charge in [0.05, 0.1) is 5.54 Å². The zero-order valence-electron chi connectivity index (χ0n) is 9.82. The van der Waals surface area contributed by atoms with Crippen molar-refractivity contribution < 1.29 is 9.90 Å². The smallest absolute Gasteiger partial charge is 0.331 e. The van der Waals surface area contributed by atoms with Crippen LogP contribution in [-0.2, 0) is 4.79 Å². The summed E-state index contributed by atoms with van der Waals surface area (Å²) in [4.78, 5) is 10.7. The maximum atomic E-state index is 10.7. The minimum atomic E-state index is -0.886. The lowest BCUT2D eigenvalue weighted by atomic mass is 10.0. The Morgan fingerprint density at radius 2 is 1.88 bits per heavy atom. The quantitative estimate of drug-likeness (QED) is 0.765. The molecule has 16 heavy (non-hydrogen) atoms. The average Bonchev–Trinajstić information content (AvgIpc) is 2.17. The molecule has 0 unspecified atom stereocenters. The Hall–Kier alpha value is -1.77. The molecule has 1 aromatic carbocycles. The number of hydrogen-bond acceptors (Lipinski definition) is 2. The Bertz CT molecular complexity index is 394. The van der Waals surface area contributed by atoms with Crippen LogP contribution in [0, 0.1) is 0 Å². The van der Waals surface area contributed by atoms with Gasteiger partial charge in [0.25, 0.3) is 0 Å². The van der Waals surface area contributed by atoms with Crippen LogP contribution in [0.15, 0.2) is 42.0 Å². The molecule has 0 radical (unpaired) electrons. The standard InChI is InChI=1S/C13H17NO2/c1-10(12(15)16)9-13(2,3)14-11-7-5-4-6-8-11/h4-9,14H,1-3H3,(H,15,16)/b10-9-. The predicted octanol–water partition coefficient (Wildman–Crippen LogP) is 2.91. The van der Waals surface area contributed by atoms with Crippen LogP contribution in [0.25, 0.3) is 0 Å². The van der Waals surface area contributed by atoms with E-state index in [1.165, 1.54) is 0 Å². The molecule has 0 aliphatic heterocycles. The van der Waals surface area contributed by atoms with E-state index in [2.05, 4.69) is 5.32 Å². The van der Waals surface area contributed by atoms with E-state index in [4.69, 9.17) is 5.11 Å². The number of nitrogens with one attached hydrogen (secondary N) is 1. The molecule has 0 aliphatic carbocycles. The number of para-hydroxylation sites is 1. The third kappa shape index (κ3) is 3.77.